The van der Waals surface area contributed by atoms with Crippen LogP contribution >= 0.6 is 0 Å². The zero-order valence-electron chi connectivity index (χ0n) is 16.8. The van der Waals surface area contributed by atoms with Gasteiger partial charge in [-0.1, -0.05) is 60.7 Å². The molecule has 0 aliphatic heterocycles. The van der Waals surface area contributed by atoms with Crippen molar-refractivity contribution in [3.63, 3.8) is 0 Å². The van der Waals surface area contributed by atoms with Gasteiger partial charge in [-0.15, -0.1) is 0 Å². The van der Waals surface area contributed by atoms with Crippen molar-refractivity contribution in [1.29, 1.82) is 0 Å². The molecule has 6 heteroatoms. The number of rotatable bonds is 7. The van der Waals surface area contributed by atoms with E-state index in [4.69, 9.17) is 4.74 Å². The van der Waals surface area contributed by atoms with Crippen LogP contribution in [0.4, 0.5) is 4.79 Å². The minimum absolute atomic E-state index is 0.0891. The van der Waals surface area contributed by atoms with E-state index in [0.717, 1.165) is 27.8 Å². The van der Waals surface area contributed by atoms with E-state index in [1.165, 1.54) is 0 Å². The Bertz CT molecular complexity index is 1060. The Morgan fingerprint density at radius 2 is 1.58 bits per heavy atom. The van der Waals surface area contributed by atoms with E-state index in [9.17, 15) is 19.8 Å². The number of carboxylic acid groups (broad SMARTS) is 1. The highest BCUT2D eigenvalue weighted by molar-refractivity contribution is 5.81. The molecule has 0 fully saturated rings. The van der Waals surface area contributed by atoms with E-state index in [2.05, 4.69) is 17.4 Å². The summed E-state index contributed by atoms with van der Waals surface area (Å²) >= 11 is 0. The zero-order valence-corrected chi connectivity index (χ0v) is 16.8. The first kappa shape index (κ1) is 20.5. The van der Waals surface area contributed by atoms with Crippen molar-refractivity contribution in [1.82, 2.24) is 5.32 Å². The maximum atomic E-state index is 12.4. The van der Waals surface area contributed by atoms with Gasteiger partial charge in [0.15, 0.2) is 0 Å². The fourth-order valence-corrected chi connectivity index (χ4v) is 4.06. The summed E-state index contributed by atoms with van der Waals surface area (Å²) < 4.78 is 5.44. The Morgan fingerprint density at radius 1 is 0.935 bits per heavy atom. The SMILES string of the molecule is O=C(N[C@@H](CCc1cccc(O)c1)C(=O)O)OCC1c2ccccc2-c2ccccc21. The summed E-state index contributed by atoms with van der Waals surface area (Å²) in [7, 11) is 0. The number of phenolic OH excluding ortho intramolecular Hbond substituents is 1. The molecule has 4 rings (SSSR count). The summed E-state index contributed by atoms with van der Waals surface area (Å²) in [6, 6.07) is 21.6. The van der Waals surface area contributed by atoms with Gasteiger partial charge in [-0.05, 0) is 52.8 Å². The lowest BCUT2D eigenvalue weighted by atomic mass is 9.98. The van der Waals surface area contributed by atoms with Gasteiger partial charge in [0.1, 0.15) is 18.4 Å². The molecule has 0 unspecified atom stereocenters. The van der Waals surface area contributed by atoms with Crippen LogP contribution in [0.15, 0.2) is 72.8 Å². The number of ether oxygens (including phenoxy) is 1. The van der Waals surface area contributed by atoms with Gasteiger partial charge in [0, 0.05) is 5.92 Å². The van der Waals surface area contributed by atoms with Crippen molar-refractivity contribution in [2.75, 3.05) is 6.61 Å². The molecule has 3 aromatic rings. The number of aryl methyl sites for hydroxylation is 1. The summed E-state index contributed by atoms with van der Waals surface area (Å²) in [4.78, 5) is 24.0. The van der Waals surface area contributed by atoms with Crippen LogP contribution in [0.5, 0.6) is 5.75 Å². The van der Waals surface area contributed by atoms with Crippen LogP contribution in [0.2, 0.25) is 0 Å². The molecule has 0 aromatic heterocycles. The number of aromatic hydroxyl groups is 1. The predicted octanol–water partition coefficient (Wildman–Crippen LogP) is 4.32. The lowest BCUT2D eigenvalue weighted by Crippen LogP contribution is -2.41. The van der Waals surface area contributed by atoms with Crippen molar-refractivity contribution in [3.05, 3.63) is 89.5 Å². The highest BCUT2D eigenvalue weighted by Crippen LogP contribution is 2.44. The molecule has 0 spiro atoms. The predicted molar refractivity (Wildman–Crippen MR) is 116 cm³/mol. The average Bonchev–Trinajstić information content (AvgIpc) is 3.09. The Kier molecular flexibility index (Phi) is 5.89. The van der Waals surface area contributed by atoms with Gasteiger partial charge in [-0.25, -0.2) is 9.59 Å². The number of aliphatic carboxylic acids is 1. The molecule has 1 aliphatic rings. The van der Waals surface area contributed by atoms with Crippen LogP contribution in [0.1, 0.15) is 29.0 Å². The summed E-state index contributed by atoms with van der Waals surface area (Å²) in [5.41, 5.74) is 5.23. The smallest absolute Gasteiger partial charge is 0.407 e. The Labute approximate surface area is 180 Å². The van der Waals surface area contributed by atoms with Gasteiger partial charge >= 0.3 is 12.1 Å². The fourth-order valence-electron chi connectivity index (χ4n) is 4.06. The normalized spacial score (nSPS) is 13.2. The largest absolute Gasteiger partial charge is 0.508 e. The van der Waals surface area contributed by atoms with Crippen LogP contribution in [0, 0.1) is 0 Å². The molecule has 3 N–H and O–H groups in total. The minimum atomic E-state index is -1.13. The molecule has 1 aliphatic carbocycles. The van der Waals surface area contributed by atoms with Gasteiger partial charge in [-0.3, -0.25) is 0 Å². The molecular weight excluding hydrogens is 394 g/mol. The Balaban J connectivity index is 1.38. The number of hydrogen-bond acceptors (Lipinski definition) is 4. The first-order valence-corrected chi connectivity index (χ1v) is 10.1. The van der Waals surface area contributed by atoms with Crippen molar-refractivity contribution in [2.24, 2.45) is 0 Å². The standard InChI is InChI=1S/C25H23NO5/c27-17-7-5-6-16(14-17)12-13-23(24(28)29)26-25(30)31-15-22-20-10-3-1-8-18(20)19-9-2-4-11-21(19)22/h1-11,14,22-23,27H,12-13,15H2,(H,26,30)(H,28,29)/t23-/m0/s1. The third-order valence-corrected chi connectivity index (χ3v) is 5.57. The number of carboxylic acids is 1. The summed E-state index contributed by atoms with van der Waals surface area (Å²) in [6.07, 6.45) is -0.178. The molecule has 1 atom stereocenters. The number of nitrogens with one attached hydrogen (secondary N) is 1. The second-order valence-corrected chi connectivity index (χ2v) is 7.57. The summed E-state index contributed by atoms with van der Waals surface area (Å²) in [5, 5.41) is 21.5. The second kappa shape index (κ2) is 8.92. The van der Waals surface area contributed by atoms with Gasteiger partial charge in [0.2, 0.25) is 0 Å². The number of benzene rings is 3. The molecule has 0 saturated carbocycles. The van der Waals surface area contributed by atoms with Crippen molar-refractivity contribution in [3.8, 4) is 16.9 Å². The molecule has 0 bridgehead atoms. The van der Waals surface area contributed by atoms with Crippen LogP contribution in [-0.2, 0) is 16.0 Å². The quantitative estimate of drug-likeness (QED) is 0.532. The van der Waals surface area contributed by atoms with E-state index in [1.54, 1.807) is 24.3 Å². The number of hydrogen-bond donors (Lipinski definition) is 3. The average molecular weight is 417 g/mol. The van der Waals surface area contributed by atoms with Gasteiger partial charge in [0.05, 0.1) is 0 Å². The molecular formula is C25H23NO5. The maximum absolute atomic E-state index is 12.4. The molecule has 0 radical (unpaired) electrons. The maximum Gasteiger partial charge on any atom is 0.407 e. The first-order chi connectivity index (χ1) is 15.0. The Morgan fingerprint density at radius 3 is 2.19 bits per heavy atom. The number of carbonyl (C=O) groups excluding carboxylic acids is 1. The Hall–Kier alpha value is -3.80. The highest BCUT2D eigenvalue weighted by Gasteiger charge is 2.29. The number of phenols is 1. The van der Waals surface area contributed by atoms with Crippen molar-refractivity contribution < 1.29 is 24.5 Å². The van der Waals surface area contributed by atoms with Gasteiger partial charge < -0.3 is 20.3 Å². The van der Waals surface area contributed by atoms with E-state index >= 15 is 0 Å². The van der Waals surface area contributed by atoms with Crippen LogP contribution in [-0.4, -0.2) is 34.9 Å². The molecule has 6 nitrogen and oxygen atoms in total. The fraction of sp³-hybridized carbons (Fsp3) is 0.200. The van der Waals surface area contributed by atoms with E-state index < -0.39 is 18.1 Å². The van der Waals surface area contributed by atoms with Crippen LogP contribution < -0.4 is 5.32 Å². The van der Waals surface area contributed by atoms with E-state index in [1.807, 2.05) is 36.4 Å². The second-order valence-electron chi connectivity index (χ2n) is 7.57. The number of amides is 1. The number of carbonyl (C=O) groups is 2. The topological polar surface area (TPSA) is 95.9 Å². The number of fused-ring (bicyclic) bond motifs is 3. The van der Waals surface area contributed by atoms with Crippen molar-refractivity contribution >= 4 is 12.1 Å². The highest BCUT2D eigenvalue weighted by atomic mass is 16.5. The molecule has 1 amide bonds. The van der Waals surface area contributed by atoms with Crippen molar-refractivity contribution in [2.45, 2.75) is 24.8 Å². The third kappa shape index (κ3) is 4.53. The van der Waals surface area contributed by atoms with Gasteiger partial charge in [0.25, 0.3) is 0 Å². The first-order valence-electron chi connectivity index (χ1n) is 10.1. The summed E-state index contributed by atoms with van der Waals surface area (Å²) in [6.45, 7) is 0.124. The van der Waals surface area contributed by atoms with Crippen LogP contribution in [0.3, 0.4) is 0 Å². The lowest BCUT2D eigenvalue weighted by molar-refractivity contribution is -0.139. The molecule has 0 heterocycles. The lowest BCUT2D eigenvalue weighted by Gasteiger charge is -2.17. The molecule has 158 valence electrons. The molecule has 3 aromatic carbocycles. The number of alkyl carbamates (subject to hydrolysis) is 1. The molecule has 31 heavy (non-hydrogen) atoms. The summed E-state index contributed by atoms with van der Waals surface area (Å²) in [5.74, 6) is -1.10. The zero-order chi connectivity index (χ0) is 21.8. The van der Waals surface area contributed by atoms with Gasteiger partial charge in [-0.2, -0.15) is 0 Å². The minimum Gasteiger partial charge on any atom is -0.508 e. The van der Waals surface area contributed by atoms with Crippen LogP contribution in [0.25, 0.3) is 11.1 Å². The van der Waals surface area contributed by atoms with E-state index in [-0.39, 0.29) is 24.7 Å². The third-order valence-electron chi connectivity index (χ3n) is 5.57. The van der Waals surface area contributed by atoms with E-state index in [0.29, 0.717) is 6.42 Å². The molecule has 0 saturated heterocycles. The monoisotopic (exact) mass is 417 g/mol.